The van der Waals surface area contributed by atoms with Crippen LogP contribution >= 0.6 is 0 Å². The molecule has 1 heterocycles. The molecule has 0 unspecified atom stereocenters. The Morgan fingerprint density at radius 1 is 1.43 bits per heavy atom. The molecule has 2 rings (SSSR count). The Hall–Kier alpha value is -1.90. The lowest BCUT2D eigenvalue weighted by Gasteiger charge is -2.02. The molecule has 1 aromatic carbocycles. The topological polar surface area (TPSA) is 45.8 Å². The average molecular weight is 186 g/mol. The lowest BCUT2D eigenvalue weighted by molar-refractivity contribution is 1.10. The number of hydrogen-bond donors (Lipinski definition) is 1. The van der Waals surface area contributed by atoms with Crippen LogP contribution in [0, 0.1) is 0 Å². The average Bonchev–Trinajstić information content (AvgIpc) is 2.16. The molecule has 0 amide bonds. The normalized spacial score (nSPS) is 10.4. The fraction of sp³-hybridized carbons (Fsp3) is 0.0909. The largest absolute Gasteiger partial charge is 0.345 e. The second kappa shape index (κ2) is 3.10. The van der Waals surface area contributed by atoms with Gasteiger partial charge in [-0.3, -0.25) is 0 Å². The highest BCUT2D eigenvalue weighted by Gasteiger charge is 2.03. The van der Waals surface area contributed by atoms with Crippen LogP contribution < -0.4 is 5.69 Å². The van der Waals surface area contributed by atoms with Gasteiger partial charge in [0.15, 0.2) is 0 Å². The van der Waals surface area contributed by atoms with E-state index >= 15 is 0 Å². The van der Waals surface area contributed by atoms with E-state index in [0.717, 1.165) is 16.5 Å². The predicted molar refractivity (Wildman–Crippen MR) is 57.1 cm³/mol. The van der Waals surface area contributed by atoms with E-state index in [1.807, 2.05) is 31.2 Å². The van der Waals surface area contributed by atoms with Crippen molar-refractivity contribution >= 4 is 16.5 Å². The third kappa shape index (κ3) is 1.33. The number of para-hydroxylation sites is 1. The van der Waals surface area contributed by atoms with E-state index in [1.165, 1.54) is 0 Å². The first kappa shape index (κ1) is 8.69. The molecule has 2 aromatic rings. The summed E-state index contributed by atoms with van der Waals surface area (Å²) in [6, 6.07) is 7.56. The van der Waals surface area contributed by atoms with Gasteiger partial charge in [-0.25, -0.2) is 4.79 Å². The molecular formula is C11H10N2O. The zero-order valence-corrected chi connectivity index (χ0v) is 7.87. The number of aromatic amines is 1. The highest BCUT2D eigenvalue weighted by molar-refractivity contribution is 5.88. The maximum Gasteiger partial charge on any atom is 0.345 e. The van der Waals surface area contributed by atoms with E-state index in [0.29, 0.717) is 5.69 Å². The zero-order valence-electron chi connectivity index (χ0n) is 7.87. The Kier molecular flexibility index (Phi) is 1.93. The second-order valence-electron chi connectivity index (χ2n) is 3.22. The monoisotopic (exact) mass is 186 g/mol. The van der Waals surface area contributed by atoms with Crippen LogP contribution in [-0.4, -0.2) is 9.97 Å². The molecule has 0 saturated heterocycles. The maximum atomic E-state index is 11.2. The number of H-pyrrole nitrogens is 1. The van der Waals surface area contributed by atoms with Crippen LogP contribution in [0.25, 0.3) is 16.5 Å². The highest BCUT2D eigenvalue weighted by atomic mass is 16.1. The van der Waals surface area contributed by atoms with E-state index in [1.54, 1.807) is 0 Å². The zero-order chi connectivity index (χ0) is 10.1. The summed E-state index contributed by atoms with van der Waals surface area (Å²) in [6.45, 7) is 5.64. The quantitative estimate of drug-likeness (QED) is 0.739. The minimum absolute atomic E-state index is 0.332. The van der Waals surface area contributed by atoms with Gasteiger partial charge in [0.05, 0.1) is 11.2 Å². The molecule has 0 aliphatic carbocycles. The molecule has 0 atom stereocenters. The van der Waals surface area contributed by atoms with Crippen molar-refractivity contribution in [3.63, 3.8) is 0 Å². The summed E-state index contributed by atoms with van der Waals surface area (Å²) in [4.78, 5) is 17.8. The van der Waals surface area contributed by atoms with Gasteiger partial charge in [-0.2, -0.15) is 4.98 Å². The number of benzene rings is 1. The Balaban J connectivity index is 2.94. The molecule has 0 fully saturated rings. The van der Waals surface area contributed by atoms with Crippen LogP contribution in [0.4, 0.5) is 0 Å². The Morgan fingerprint density at radius 2 is 2.14 bits per heavy atom. The van der Waals surface area contributed by atoms with E-state index in [-0.39, 0.29) is 5.69 Å². The van der Waals surface area contributed by atoms with Crippen LogP contribution in [0.1, 0.15) is 12.6 Å². The molecule has 1 aromatic heterocycles. The second-order valence-corrected chi connectivity index (χ2v) is 3.22. The van der Waals surface area contributed by atoms with Gasteiger partial charge in [0.2, 0.25) is 0 Å². The van der Waals surface area contributed by atoms with Crippen molar-refractivity contribution < 1.29 is 0 Å². The predicted octanol–water partition coefficient (Wildman–Crippen LogP) is 1.96. The third-order valence-corrected chi connectivity index (χ3v) is 2.04. The minimum atomic E-state index is -0.332. The molecule has 3 heteroatoms. The number of hydrogen-bond acceptors (Lipinski definition) is 2. The number of aromatic nitrogens is 2. The SMILES string of the molecule is C=C(C)c1nc(=O)[nH]c2ccccc12. The molecule has 0 spiro atoms. The molecule has 1 N–H and O–H groups in total. The first-order valence-corrected chi connectivity index (χ1v) is 4.33. The highest BCUT2D eigenvalue weighted by Crippen LogP contribution is 2.17. The van der Waals surface area contributed by atoms with Gasteiger partial charge < -0.3 is 4.98 Å². The number of allylic oxidation sites excluding steroid dienone is 1. The smallest absolute Gasteiger partial charge is 0.305 e. The summed E-state index contributed by atoms with van der Waals surface area (Å²) in [5, 5.41) is 0.930. The summed E-state index contributed by atoms with van der Waals surface area (Å²) in [7, 11) is 0. The lowest BCUT2D eigenvalue weighted by atomic mass is 10.1. The Labute approximate surface area is 81.1 Å². The number of nitrogens with one attached hydrogen (secondary N) is 1. The van der Waals surface area contributed by atoms with Gasteiger partial charge in [-0.1, -0.05) is 24.8 Å². The van der Waals surface area contributed by atoms with Gasteiger partial charge in [0.1, 0.15) is 0 Å². The fourth-order valence-corrected chi connectivity index (χ4v) is 1.43. The van der Waals surface area contributed by atoms with Gasteiger partial charge in [0, 0.05) is 5.39 Å². The first-order valence-electron chi connectivity index (χ1n) is 4.33. The van der Waals surface area contributed by atoms with Crippen molar-refractivity contribution in [3.05, 3.63) is 47.0 Å². The molecule has 14 heavy (non-hydrogen) atoms. The van der Waals surface area contributed by atoms with Gasteiger partial charge in [-0.15, -0.1) is 0 Å². The summed E-state index contributed by atoms with van der Waals surface area (Å²) >= 11 is 0. The number of fused-ring (bicyclic) bond motifs is 1. The van der Waals surface area contributed by atoms with Crippen molar-refractivity contribution in [2.75, 3.05) is 0 Å². The van der Waals surface area contributed by atoms with Crippen molar-refractivity contribution in [2.45, 2.75) is 6.92 Å². The first-order chi connectivity index (χ1) is 6.68. The van der Waals surface area contributed by atoms with Crippen LogP contribution in [0.2, 0.25) is 0 Å². The molecule has 0 aliphatic rings. The van der Waals surface area contributed by atoms with Crippen LogP contribution in [0.3, 0.4) is 0 Å². The Morgan fingerprint density at radius 3 is 2.86 bits per heavy atom. The van der Waals surface area contributed by atoms with Crippen LogP contribution in [0.5, 0.6) is 0 Å². The van der Waals surface area contributed by atoms with Crippen LogP contribution in [-0.2, 0) is 0 Å². The molecule has 3 nitrogen and oxygen atoms in total. The van der Waals surface area contributed by atoms with Gasteiger partial charge in [0.25, 0.3) is 0 Å². The Bertz CT molecular complexity index is 554. The van der Waals surface area contributed by atoms with Gasteiger partial charge in [-0.05, 0) is 18.6 Å². The van der Waals surface area contributed by atoms with Crippen molar-refractivity contribution in [2.24, 2.45) is 0 Å². The minimum Gasteiger partial charge on any atom is -0.305 e. The van der Waals surface area contributed by atoms with Gasteiger partial charge >= 0.3 is 5.69 Å². The molecule has 70 valence electrons. The molecule has 0 bridgehead atoms. The fourth-order valence-electron chi connectivity index (χ4n) is 1.43. The third-order valence-electron chi connectivity index (χ3n) is 2.04. The van der Waals surface area contributed by atoms with Crippen LogP contribution in [0.15, 0.2) is 35.6 Å². The van der Waals surface area contributed by atoms with Crippen molar-refractivity contribution in [1.29, 1.82) is 0 Å². The summed E-state index contributed by atoms with van der Waals surface area (Å²) in [5.41, 5.74) is 1.93. The summed E-state index contributed by atoms with van der Waals surface area (Å²) in [5.74, 6) is 0. The molecular weight excluding hydrogens is 176 g/mol. The number of nitrogens with zero attached hydrogens (tertiary/aromatic N) is 1. The van der Waals surface area contributed by atoms with E-state index in [2.05, 4.69) is 16.5 Å². The van der Waals surface area contributed by atoms with E-state index in [4.69, 9.17) is 0 Å². The van der Waals surface area contributed by atoms with E-state index < -0.39 is 0 Å². The molecule has 0 radical (unpaired) electrons. The molecule has 0 saturated carbocycles. The number of rotatable bonds is 1. The summed E-state index contributed by atoms with van der Waals surface area (Å²) in [6.07, 6.45) is 0. The lowest BCUT2D eigenvalue weighted by Crippen LogP contribution is -2.12. The standard InChI is InChI=1S/C11H10N2O/c1-7(2)10-8-5-3-4-6-9(8)12-11(14)13-10/h3-6H,1H2,2H3,(H,12,13,14). The van der Waals surface area contributed by atoms with Crippen molar-refractivity contribution in [1.82, 2.24) is 9.97 Å². The van der Waals surface area contributed by atoms with Crippen molar-refractivity contribution in [3.8, 4) is 0 Å². The van der Waals surface area contributed by atoms with E-state index in [9.17, 15) is 4.79 Å². The summed E-state index contributed by atoms with van der Waals surface area (Å²) < 4.78 is 0. The maximum absolute atomic E-state index is 11.2. The molecule has 0 aliphatic heterocycles.